The van der Waals surface area contributed by atoms with Crippen LogP contribution >= 0.6 is 11.6 Å². The summed E-state index contributed by atoms with van der Waals surface area (Å²) in [5.74, 6) is -1.68. The van der Waals surface area contributed by atoms with Gasteiger partial charge in [-0.05, 0) is 36.8 Å². The zero-order chi connectivity index (χ0) is 19.2. The molecule has 6 nitrogen and oxygen atoms in total. The third-order valence-corrected chi connectivity index (χ3v) is 5.72. The lowest BCUT2D eigenvalue weighted by Crippen LogP contribution is -2.22. The van der Waals surface area contributed by atoms with Crippen molar-refractivity contribution in [3.05, 3.63) is 59.1 Å². The van der Waals surface area contributed by atoms with Crippen LogP contribution in [-0.4, -0.2) is 32.7 Å². The molecule has 0 aromatic heterocycles. The number of esters is 1. The molecule has 26 heavy (non-hydrogen) atoms. The van der Waals surface area contributed by atoms with E-state index in [1.54, 1.807) is 43.3 Å². The van der Waals surface area contributed by atoms with Crippen LogP contribution in [0.25, 0.3) is 0 Å². The first kappa shape index (κ1) is 19.9. The van der Waals surface area contributed by atoms with E-state index in [2.05, 4.69) is 5.32 Å². The van der Waals surface area contributed by atoms with Gasteiger partial charge in [0.2, 0.25) is 0 Å². The van der Waals surface area contributed by atoms with Gasteiger partial charge in [0, 0.05) is 10.7 Å². The smallest absolute Gasteiger partial charge is 0.307 e. The van der Waals surface area contributed by atoms with Gasteiger partial charge in [0.1, 0.15) is 0 Å². The lowest BCUT2D eigenvalue weighted by Gasteiger charge is -2.10. The predicted molar refractivity (Wildman–Crippen MR) is 98.9 cm³/mol. The van der Waals surface area contributed by atoms with Crippen molar-refractivity contribution in [2.45, 2.75) is 18.2 Å². The van der Waals surface area contributed by atoms with Crippen LogP contribution in [0.2, 0.25) is 5.02 Å². The van der Waals surface area contributed by atoms with Crippen LogP contribution in [0.3, 0.4) is 0 Å². The molecular formula is C18H18ClNO5S. The molecule has 0 unspecified atom stereocenters. The normalized spacial score (nSPS) is 11.0. The molecule has 0 aliphatic rings. The van der Waals surface area contributed by atoms with E-state index < -0.39 is 28.3 Å². The van der Waals surface area contributed by atoms with Crippen molar-refractivity contribution >= 4 is 39.0 Å². The fraction of sp³-hybridized carbons (Fsp3) is 0.222. The van der Waals surface area contributed by atoms with E-state index >= 15 is 0 Å². The molecule has 0 saturated heterocycles. The largest absolute Gasteiger partial charge is 0.456 e. The van der Waals surface area contributed by atoms with Gasteiger partial charge < -0.3 is 10.1 Å². The van der Waals surface area contributed by atoms with Gasteiger partial charge in [-0.2, -0.15) is 0 Å². The maximum atomic E-state index is 12.1. The molecule has 8 heteroatoms. The number of amides is 1. The lowest BCUT2D eigenvalue weighted by molar-refractivity contribution is -0.146. The maximum absolute atomic E-state index is 12.1. The van der Waals surface area contributed by atoms with Gasteiger partial charge in [-0.1, -0.05) is 35.9 Å². The molecule has 2 aromatic carbocycles. The third-order valence-electron chi connectivity index (χ3n) is 3.58. The number of ether oxygens (including phenoxy) is 1. The van der Waals surface area contributed by atoms with Gasteiger partial charge in [0.25, 0.3) is 5.91 Å². The van der Waals surface area contributed by atoms with Gasteiger partial charge in [-0.15, -0.1) is 0 Å². The Hall–Kier alpha value is -2.38. The van der Waals surface area contributed by atoms with Gasteiger partial charge in [0.05, 0.1) is 17.1 Å². The minimum atomic E-state index is -3.57. The van der Waals surface area contributed by atoms with Gasteiger partial charge in [-0.3, -0.25) is 9.59 Å². The molecular weight excluding hydrogens is 378 g/mol. The van der Waals surface area contributed by atoms with Gasteiger partial charge in [-0.25, -0.2) is 8.42 Å². The second-order valence-electron chi connectivity index (χ2n) is 5.50. The molecule has 0 aliphatic carbocycles. The van der Waals surface area contributed by atoms with Crippen LogP contribution in [0.4, 0.5) is 5.69 Å². The van der Waals surface area contributed by atoms with Crippen LogP contribution in [-0.2, 0) is 24.2 Å². The number of sulfone groups is 1. The van der Waals surface area contributed by atoms with Crippen molar-refractivity contribution < 1.29 is 22.7 Å². The minimum absolute atomic E-state index is 0.141. The summed E-state index contributed by atoms with van der Waals surface area (Å²) in [7, 11) is -3.57. The average molecular weight is 396 g/mol. The molecule has 0 spiro atoms. The summed E-state index contributed by atoms with van der Waals surface area (Å²) in [5.41, 5.74) is 1.22. The average Bonchev–Trinajstić information content (AvgIpc) is 2.63. The zero-order valence-electron chi connectivity index (χ0n) is 14.1. The van der Waals surface area contributed by atoms with Crippen molar-refractivity contribution in [2.75, 3.05) is 17.7 Å². The summed E-state index contributed by atoms with van der Waals surface area (Å²) < 4.78 is 29.0. The molecule has 0 radical (unpaired) electrons. The minimum Gasteiger partial charge on any atom is -0.456 e. The Kier molecular flexibility index (Phi) is 6.76. The molecule has 0 fully saturated rings. The fourth-order valence-electron chi connectivity index (χ4n) is 2.11. The Balaban J connectivity index is 1.81. The third kappa shape index (κ3) is 5.57. The molecule has 0 atom stereocenters. The maximum Gasteiger partial charge on any atom is 0.307 e. The Labute approximate surface area is 157 Å². The van der Waals surface area contributed by atoms with Crippen molar-refractivity contribution in [3.8, 4) is 0 Å². The number of anilines is 1. The number of hydrogen-bond donors (Lipinski definition) is 1. The number of nitrogens with one attached hydrogen (secondary N) is 1. The van der Waals surface area contributed by atoms with Crippen LogP contribution in [0.15, 0.2) is 53.4 Å². The second kappa shape index (κ2) is 8.82. The van der Waals surface area contributed by atoms with E-state index in [1.807, 2.05) is 0 Å². The van der Waals surface area contributed by atoms with Gasteiger partial charge >= 0.3 is 5.97 Å². The number of rotatable bonds is 7. The zero-order valence-corrected chi connectivity index (χ0v) is 15.6. The topological polar surface area (TPSA) is 89.5 Å². The van der Waals surface area contributed by atoms with Crippen molar-refractivity contribution in [2.24, 2.45) is 0 Å². The fourth-order valence-corrected chi connectivity index (χ4v) is 3.53. The van der Waals surface area contributed by atoms with E-state index in [0.717, 1.165) is 0 Å². The molecule has 2 aromatic rings. The number of halogens is 1. The molecule has 0 bridgehead atoms. The van der Waals surface area contributed by atoms with Crippen LogP contribution < -0.4 is 5.32 Å². The predicted octanol–water partition coefficient (Wildman–Crippen LogP) is 2.99. The molecule has 1 N–H and O–H groups in total. The molecule has 0 saturated carbocycles. The summed E-state index contributed by atoms with van der Waals surface area (Å²) in [6.45, 7) is 1.24. The highest BCUT2D eigenvalue weighted by Crippen LogP contribution is 2.22. The first-order valence-electron chi connectivity index (χ1n) is 7.78. The van der Waals surface area contributed by atoms with E-state index in [9.17, 15) is 18.0 Å². The van der Waals surface area contributed by atoms with Crippen LogP contribution in [0.1, 0.15) is 12.0 Å². The highest BCUT2D eigenvalue weighted by molar-refractivity contribution is 7.91. The number of carbonyl (C=O) groups excluding carboxylic acids is 2. The Morgan fingerprint density at radius 3 is 2.46 bits per heavy atom. The molecule has 1 amide bonds. The van der Waals surface area contributed by atoms with Gasteiger partial charge in [0.15, 0.2) is 16.4 Å². The molecule has 2 rings (SSSR count). The summed E-state index contributed by atoms with van der Waals surface area (Å²) in [6, 6.07) is 12.9. The first-order valence-corrected chi connectivity index (χ1v) is 9.81. The molecule has 0 aliphatic heterocycles. The Bertz CT molecular complexity index is 897. The number of carbonyl (C=O) groups is 2. The van der Waals surface area contributed by atoms with E-state index in [0.29, 0.717) is 16.3 Å². The second-order valence-corrected chi connectivity index (χ2v) is 8.02. The highest BCUT2D eigenvalue weighted by atomic mass is 35.5. The SMILES string of the molecule is Cc1c(Cl)cccc1NC(=O)COC(=O)CCS(=O)(=O)c1ccccc1. The summed E-state index contributed by atoms with van der Waals surface area (Å²) in [4.78, 5) is 23.7. The number of hydrogen-bond acceptors (Lipinski definition) is 5. The summed E-state index contributed by atoms with van der Waals surface area (Å²) in [6.07, 6.45) is -0.333. The molecule has 138 valence electrons. The van der Waals surface area contributed by atoms with Crippen LogP contribution in [0.5, 0.6) is 0 Å². The quantitative estimate of drug-likeness (QED) is 0.728. The van der Waals surface area contributed by atoms with Crippen molar-refractivity contribution in [3.63, 3.8) is 0 Å². The van der Waals surface area contributed by atoms with E-state index in [4.69, 9.17) is 16.3 Å². The number of benzene rings is 2. The lowest BCUT2D eigenvalue weighted by atomic mass is 10.2. The summed E-state index contributed by atoms with van der Waals surface area (Å²) in [5, 5.41) is 3.09. The van der Waals surface area contributed by atoms with Crippen molar-refractivity contribution in [1.82, 2.24) is 0 Å². The van der Waals surface area contributed by atoms with Crippen LogP contribution in [0, 0.1) is 6.92 Å². The Morgan fingerprint density at radius 2 is 1.77 bits per heavy atom. The monoisotopic (exact) mass is 395 g/mol. The molecule has 0 heterocycles. The van der Waals surface area contributed by atoms with E-state index in [1.165, 1.54) is 12.1 Å². The summed E-state index contributed by atoms with van der Waals surface area (Å²) >= 11 is 5.97. The highest BCUT2D eigenvalue weighted by Gasteiger charge is 2.17. The van der Waals surface area contributed by atoms with E-state index in [-0.39, 0.29) is 17.1 Å². The van der Waals surface area contributed by atoms with Crippen molar-refractivity contribution in [1.29, 1.82) is 0 Å². The first-order chi connectivity index (χ1) is 12.3. The standard InChI is InChI=1S/C18H18ClNO5S/c1-13-15(19)8-5-9-16(13)20-17(21)12-25-18(22)10-11-26(23,24)14-6-3-2-4-7-14/h2-9H,10-12H2,1H3,(H,20,21). The Morgan fingerprint density at radius 1 is 1.08 bits per heavy atom.